The van der Waals surface area contributed by atoms with E-state index in [1.54, 1.807) is 13.0 Å². The molecule has 1 aromatic carbocycles. The Bertz CT molecular complexity index is 826. The molecule has 2 aliphatic carbocycles. The summed E-state index contributed by atoms with van der Waals surface area (Å²) in [7, 11) is 0. The number of nitrogens with one attached hydrogen (secondary N) is 1. The zero-order valence-electron chi connectivity index (χ0n) is 15.8. The number of aromatic amines is 1. The van der Waals surface area contributed by atoms with Crippen molar-refractivity contribution in [1.29, 1.82) is 0 Å². The van der Waals surface area contributed by atoms with Crippen LogP contribution in [0.15, 0.2) is 16.9 Å². The van der Waals surface area contributed by atoms with Gasteiger partial charge in [0.1, 0.15) is 5.82 Å². The fourth-order valence-corrected chi connectivity index (χ4v) is 5.04. The van der Waals surface area contributed by atoms with Crippen LogP contribution >= 0.6 is 0 Å². The van der Waals surface area contributed by atoms with E-state index in [4.69, 9.17) is 4.74 Å². The molecule has 2 aliphatic rings. The highest BCUT2D eigenvalue weighted by Gasteiger charge is 2.37. The van der Waals surface area contributed by atoms with Crippen molar-refractivity contribution in [2.24, 2.45) is 17.8 Å². The minimum atomic E-state index is -0.263. The molecule has 5 heteroatoms. The Morgan fingerprint density at radius 3 is 2.62 bits per heavy atom. The zero-order chi connectivity index (χ0) is 18.3. The fourth-order valence-electron chi connectivity index (χ4n) is 5.04. The van der Waals surface area contributed by atoms with Crippen molar-refractivity contribution < 1.29 is 9.13 Å². The van der Waals surface area contributed by atoms with Gasteiger partial charge in [0.2, 0.25) is 0 Å². The van der Waals surface area contributed by atoms with Gasteiger partial charge in [-0.15, -0.1) is 0 Å². The van der Waals surface area contributed by atoms with E-state index in [2.05, 4.69) is 11.9 Å². The van der Waals surface area contributed by atoms with Crippen molar-refractivity contribution in [1.82, 2.24) is 9.55 Å². The SMILES string of the molecule is CCOCC1CC(C2CCC(n3c(=O)[nH]c4cc(F)c(C)cc43)CC2)C1. The predicted octanol–water partition coefficient (Wildman–Crippen LogP) is 4.57. The molecule has 0 spiro atoms. The van der Waals surface area contributed by atoms with Crippen molar-refractivity contribution in [3.05, 3.63) is 34.0 Å². The van der Waals surface area contributed by atoms with Crippen LogP contribution in [0.4, 0.5) is 4.39 Å². The lowest BCUT2D eigenvalue weighted by molar-refractivity contribution is 0.0177. The molecule has 1 heterocycles. The molecule has 26 heavy (non-hydrogen) atoms. The number of nitrogens with zero attached hydrogens (tertiary/aromatic N) is 1. The lowest BCUT2D eigenvalue weighted by Gasteiger charge is -2.43. The number of aryl methyl sites for hydroxylation is 1. The highest BCUT2D eigenvalue weighted by atomic mass is 19.1. The van der Waals surface area contributed by atoms with Crippen molar-refractivity contribution in [3.63, 3.8) is 0 Å². The third kappa shape index (κ3) is 3.22. The molecule has 0 saturated heterocycles. The molecule has 0 atom stereocenters. The Morgan fingerprint density at radius 1 is 1.19 bits per heavy atom. The van der Waals surface area contributed by atoms with E-state index >= 15 is 0 Å². The summed E-state index contributed by atoms with van der Waals surface area (Å²) in [5.41, 5.74) is 1.94. The summed E-state index contributed by atoms with van der Waals surface area (Å²) in [6, 6.07) is 3.48. The molecular weight excluding hydrogens is 331 g/mol. The van der Waals surface area contributed by atoms with Gasteiger partial charge >= 0.3 is 5.69 Å². The van der Waals surface area contributed by atoms with E-state index < -0.39 is 0 Å². The Morgan fingerprint density at radius 2 is 1.92 bits per heavy atom. The topological polar surface area (TPSA) is 47.0 Å². The van der Waals surface area contributed by atoms with Crippen LogP contribution < -0.4 is 5.69 Å². The second-order valence-corrected chi connectivity index (χ2v) is 8.24. The Kier molecular flexibility index (Phi) is 4.91. The van der Waals surface area contributed by atoms with Crippen LogP contribution in [0.25, 0.3) is 11.0 Å². The zero-order valence-corrected chi connectivity index (χ0v) is 15.8. The first-order chi connectivity index (χ1) is 12.6. The number of benzene rings is 1. The van der Waals surface area contributed by atoms with Crippen LogP contribution in [0.2, 0.25) is 0 Å². The Labute approximate surface area is 153 Å². The van der Waals surface area contributed by atoms with Gasteiger partial charge in [0, 0.05) is 19.3 Å². The first-order valence-corrected chi connectivity index (χ1v) is 10.0. The quantitative estimate of drug-likeness (QED) is 0.849. The molecule has 4 nitrogen and oxygen atoms in total. The molecule has 1 N–H and O–H groups in total. The monoisotopic (exact) mass is 360 g/mol. The van der Waals surface area contributed by atoms with Gasteiger partial charge in [0.25, 0.3) is 0 Å². The molecule has 4 rings (SSSR count). The molecule has 142 valence electrons. The van der Waals surface area contributed by atoms with Crippen LogP contribution in [-0.4, -0.2) is 22.8 Å². The number of aromatic nitrogens is 2. The van der Waals surface area contributed by atoms with E-state index in [1.807, 2.05) is 4.57 Å². The largest absolute Gasteiger partial charge is 0.381 e. The number of rotatable bonds is 5. The fraction of sp³-hybridized carbons (Fsp3) is 0.667. The van der Waals surface area contributed by atoms with Crippen LogP contribution in [0.3, 0.4) is 0 Å². The summed E-state index contributed by atoms with van der Waals surface area (Å²) in [6.07, 6.45) is 7.08. The van der Waals surface area contributed by atoms with Gasteiger partial charge in [0.15, 0.2) is 0 Å². The first kappa shape index (κ1) is 17.8. The number of fused-ring (bicyclic) bond motifs is 1. The maximum absolute atomic E-state index is 13.8. The lowest BCUT2D eigenvalue weighted by Crippen LogP contribution is -2.35. The van der Waals surface area contributed by atoms with Crippen molar-refractivity contribution in [2.75, 3.05) is 13.2 Å². The van der Waals surface area contributed by atoms with Crippen LogP contribution in [0, 0.1) is 30.5 Å². The van der Waals surface area contributed by atoms with Gasteiger partial charge in [-0.2, -0.15) is 0 Å². The van der Waals surface area contributed by atoms with Gasteiger partial charge < -0.3 is 9.72 Å². The normalized spacial score (nSPS) is 29.0. The maximum atomic E-state index is 13.8. The standard InChI is InChI=1S/C21H29FN2O2/c1-3-26-12-14-9-16(10-14)15-4-6-17(7-5-15)24-20-8-13(2)18(22)11-19(20)23-21(24)25/h8,11,14-17H,3-7,9-10,12H2,1-2H3,(H,23,25). The number of hydrogen-bond donors (Lipinski definition) is 1. The minimum Gasteiger partial charge on any atom is -0.381 e. The highest BCUT2D eigenvalue weighted by Crippen LogP contribution is 2.46. The molecule has 2 aromatic rings. The lowest BCUT2D eigenvalue weighted by atomic mass is 9.64. The molecule has 0 amide bonds. The molecular formula is C21H29FN2O2. The molecule has 2 saturated carbocycles. The molecule has 0 unspecified atom stereocenters. The molecule has 1 aromatic heterocycles. The maximum Gasteiger partial charge on any atom is 0.326 e. The highest BCUT2D eigenvalue weighted by molar-refractivity contribution is 5.76. The summed E-state index contributed by atoms with van der Waals surface area (Å²) in [6.45, 7) is 5.54. The van der Waals surface area contributed by atoms with E-state index in [0.29, 0.717) is 11.1 Å². The van der Waals surface area contributed by atoms with Crippen molar-refractivity contribution in [3.8, 4) is 0 Å². The van der Waals surface area contributed by atoms with Gasteiger partial charge in [-0.1, -0.05) is 0 Å². The number of H-pyrrole nitrogens is 1. The number of hydrogen-bond acceptors (Lipinski definition) is 2. The van der Waals surface area contributed by atoms with Crippen molar-refractivity contribution in [2.45, 2.75) is 58.4 Å². The molecule has 0 radical (unpaired) electrons. The van der Waals surface area contributed by atoms with Crippen LogP contribution in [-0.2, 0) is 4.74 Å². The second kappa shape index (κ2) is 7.18. The summed E-state index contributed by atoms with van der Waals surface area (Å²) in [5, 5.41) is 0. The summed E-state index contributed by atoms with van der Waals surface area (Å²) >= 11 is 0. The first-order valence-electron chi connectivity index (χ1n) is 10.0. The summed E-state index contributed by atoms with van der Waals surface area (Å²) < 4.78 is 21.2. The number of imidazole rings is 1. The Balaban J connectivity index is 1.41. The second-order valence-electron chi connectivity index (χ2n) is 8.24. The van der Waals surface area contributed by atoms with E-state index in [-0.39, 0.29) is 17.5 Å². The number of ether oxygens (including phenoxy) is 1. The third-order valence-electron chi connectivity index (χ3n) is 6.60. The van der Waals surface area contributed by atoms with Gasteiger partial charge in [-0.25, -0.2) is 9.18 Å². The molecule has 2 fully saturated rings. The van der Waals surface area contributed by atoms with Gasteiger partial charge in [-0.3, -0.25) is 4.57 Å². The average molecular weight is 360 g/mol. The van der Waals surface area contributed by atoms with E-state index in [1.165, 1.54) is 31.7 Å². The average Bonchev–Trinajstić information content (AvgIpc) is 2.89. The smallest absolute Gasteiger partial charge is 0.326 e. The number of halogens is 1. The van der Waals surface area contributed by atoms with Crippen LogP contribution in [0.1, 0.15) is 57.1 Å². The third-order valence-corrected chi connectivity index (χ3v) is 6.60. The van der Waals surface area contributed by atoms with Crippen molar-refractivity contribution >= 4 is 11.0 Å². The Hall–Kier alpha value is -1.62. The minimum absolute atomic E-state index is 0.103. The summed E-state index contributed by atoms with van der Waals surface area (Å²) in [4.78, 5) is 15.3. The van der Waals surface area contributed by atoms with Gasteiger partial charge in [0.05, 0.1) is 11.0 Å². The molecule has 0 bridgehead atoms. The van der Waals surface area contributed by atoms with E-state index in [0.717, 1.165) is 49.3 Å². The predicted molar refractivity (Wildman–Crippen MR) is 101 cm³/mol. The summed E-state index contributed by atoms with van der Waals surface area (Å²) in [5.74, 6) is 2.13. The van der Waals surface area contributed by atoms with E-state index in [9.17, 15) is 9.18 Å². The molecule has 0 aliphatic heterocycles. The van der Waals surface area contributed by atoms with Crippen LogP contribution in [0.5, 0.6) is 0 Å². The van der Waals surface area contributed by atoms with Gasteiger partial charge in [-0.05, 0) is 87.8 Å².